The molecule has 54 heavy (non-hydrogen) atoms. The number of aromatic amines is 3. The van der Waals surface area contributed by atoms with E-state index in [4.69, 9.17) is 9.47 Å². The third-order valence-electron chi connectivity index (χ3n) is 11.8. The molecule has 2 aliphatic heterocycles. The number of rotatable bonds is 13. The summed E-state index contributed by atoms with van der Waals surface area (Å²) in [5.41, 5.74) is 12.4. The van der Waals surface area contributed by atoms with E-state index in [0.717, 1.165) is 80.7 Å². The van der Waals surface area contributed by atoms with Crippen LogP contribution in [0, 0.1) is 38.5 Å². The number of Topliss-reactive ketones (excluding diaryl/α,β-unsaturated/α-hetero) is 1. The molecule has 0 amide bonds. The van der Waals surface area contributed by atoms with Crippen LogP contribution in [0.3, 0.4) is 0 Å². The topological polar surface area (TPSA) is 129 Å². The summed E-state index contributed by atoms with van der Waals surface area (Å²) in [5, 5.41) is 5.63. The molecule has 9 heteroatoms. The van der Waals surface area contributed by atoms with Crippen LogP contribution < -0.4 is 16.0 Å². The van der Waals surface area contributed by atoms with Gasteiger partial charge in [0.15, 0.2) is 5.78 Å². The lowest BCUT2D eigenvalue weighted by Gasteiger charge is -2.19. The number of fused-ring (bicyclic) bond motifs is 7. The van der Waals surface area contributed by atoms with Crippen LogP contribution in [0.1, 0.15) is 134 Å². The van der Waals surface area contributed by atoms with E-state index in [1.807, 2.05) is 19.1 Å². The largest absolute Gasteiger partial charge is 0.468 e. The Hall–Kier alpha value is -5.05. The summed E-state index contributed by atoms with van der Waals surface area (Å²) < 4.78 is 11.0. The maximum atomic E-state index is 14.3. The molecule has 1 aliphatic carbocycles. The smallest absolute Gasteiger partial charge is 0.321 e. The number of ether oxygens (including phenoxy) is 2. The molecule has 6 rings (SSSR count). The number of nitrogens with one attached hydrogen (secondary N) is 4. The van der Waals surface area contributed by atoms with Crippen molar-refractivity contribution in [2.45, 2.75) is 99.8 Å². The number of carbonyl (C=O) groups excluding carboxylic acids is 3. The summed E-state index contributed by atoms with van der Waals surface area (Å²) in [4.78, 5) is 51.9. The number of hydrogen-bond acceptors (Lipinski definition) is 6. The molecule has 286 valence electrons. The van der Waals surface area contributed by atoms with Crippen molar-refractivity contribution in [1.82, 2.24) is 20.3 Å². The molecule has 3 aliphatic rings. The van der Waals surface area contributed by atoms with E-state index in [1.165, 1.54) is 37.5 Å². The van der Waals surface area contributed by atoms with Gasteiger partial charge in [0.1, 0.15) is 12.5 Å². The van der Waals surface area contributed by atoms with E-state index in [-0.39, 0.29) is 36.6 Å². The quantitative estimate of drug-likeness (QED) is 0.0620. The van der Waals surface area contributed by atoms with Gasteiger partial charge in [-0.25, -0.2) is 0 Å². The second kappa shape index (κ2) is 16.1. The van der Waals surface area contributed by atoms with Gasteiger partial charge in [-0.1, -0.05) is 58.3 Å². The Balaban J connectivity index is 1.47. The first kappa shape index (κ1) is 38.7. The van der Waals surface area contributed by atoms with Crippen LogP contribution in [0.15, 0.2) is 29.6 Å². The predicted molar refractivity (Wildman–Crippen MR) is 216 cm³/mol. The first-order valence-electron chi connectivity index (χ1n) is 19.6. The minimum Gasteiger partial charge on any atom is -0.468 e. The third kappa shape index (κ3) is 7.13. The van der Waals surface area contributed by atoms with Crippen LogP contribution in [-0.4, -0.2) is 46.4 Å². The molecular weight excluding hydrogens is 677 g/mol. The van der Waals surface area contributed by atoms with Crippen molar-refractivity contribution in [2.75, 3.05) is 13.7 Å². The lowest BCUT2D eigenvalue weighted by Crippen LogP contribution is -2.25. The Morgan fingerprint density at radius 3 is 2.35 bits per heavy atom. The van der Waals surface area contributed by atoms with E-state index in [2.05, 4.69) is 86.6 Å². The van der Waals surface area contributed by atoms with Crippen LogP contribution >= 0.6 is 0 Å². The van der Waals surface area contributed by atoms with Gasteiger partial charge < -0.3 is 29.7 Å². The van der Waals surface area contributed by atoms with Crippen molar-refractivity contribution < 1.29 is 23.9 Å². The first-order valence-corrected chi connectivity index (χ1v) is 19.6. The number of carbonyl (C=O) groups is 3. The second-order valence-electron chi connectivity index (χ2n) is 15.2. The van der Waals surface area contributed by atoms with E-state index in [1.54, 1.807) is 0 Å². The van der Waals surface area contributed by atoms with Crippen LogP contribution in [0.4, 0.5) is 0 Å². The summed E-state index contributed by atoms with van der Waals surface area (Å²) in [6, 6.07) is 0. The van der Waals surface area contributed by atoms with Crippen molar-refractivity contribution in [3.8, 4) is 0 Å². The second-order valence-corrected chi connectivity index (χ2v) is 15.2. The number of esters is 2. The molecule has 0 saturated carbocycles. The molecule has 0 spiro atoms. The highest BCUT2D eigenvalue weighted by atomic mass is 16.5. The van der Waals surface area contributed by atoms with Gasteiger partial charge in [0.05, 0.1) is 12.8 Å². The molecule has 0 unspecified atom stereocenters. The van der Waals surface area contributed by atoms with E-state index in [9.17, 15) is 14.4 Å². The zero-order chi connectivity index (χ0) is 38.8. The molecule has 3 aromatic heterocycles. The zero-order valence-corrected chi connectivity index (χ0v) is 33.2. The number of H-pyrrole nitrogens is 3. The minimum absolute atomic E-state index is 0.0806. The Morgan fingerprint density at radius 1 is 0.907 bits per heavy atom. The monoisotopic (exact) mass is 732 g/mol. The van der Waals surface area contributed by atoms with Crippen LogP contribution in [0.25, 0.3) is 29.9 Å². The number of ketones is 1. The van der Waals surface area contributed by atoms with Gasteiger partial charge in [-0.3, -0.25) is 14.4 Å². The standard InChI is InChI=1S/C45H56N4O5/c1-10-13-14-15-16-24(4)19-20-54-38(50)18-17-31-27(7)34-21-32-25(5)29(11-2)36(46-32)22-33-26(6)30(12-3)37(47-33)23-35-28(8)39-43(49-35)40(42(31)48-34)41(44(39)51)45(52)53-9/h11,19,21-23,27,31,41,46-49H,2,10,12-18,20H2,1,3-9H3/b24-19+,33-22-,34-21-,37-23-,42-40-/t27-,31-,41+/m0/s1. The molecule has 0 aromatic carbocycles. The van der Waals surface area contributed by atoms with Gasteiger partial charge in [-0.2, -0.15) is 0 Å². The summed E-state index contributed by atoms with van der Waals surface area (Å²) in [7, 11) is 1.32. The maximum Gasteiger partial charge on any atom is 0.321 e. The van der Waals surface area contributed by atoms with Gasteiger partial charge >= 0.3 is 11.9 Å². The molecule has 3 atom stereocenters. The van der Waals surface area contributed by atoms with Crippen molar-refractivity contribution in [1.29, 1.82) is 0 Å². The number of allylic oxidation sites excluding steroid dienone is 3. The summed E-state index contributed by atoms with van der Waals surface area (Å²) in [6.07, 6.45) is 17.5. The van der Waals surface area contributed by atoms with E-state index < -0.39 is 11.9 Å². The predicted octanol–water partition coefficient (Wildman–Crippen LogP) is 7.61. The van der Waals surface area contributed by atoms with Gasteiger partial charge in [-0.05, 0) is 99.9 Å². The van der Waals surface area contributed by atoms with Crippen LogP contribution in [0.2, 0.25) is 0 Å². The molecule has 0 radical (unpaired) electrons. The van der Waals surface area contributed by atoms with E-state index >= 15 is 0 Å². The molecule has 8 bridgehead atoms. The molecular formula is C45H56N4O5. The number of hydrogen-bond donors (Lipinski definition) is 4. The SMILES string of the molecule is C=Cc1c2[nH]c(c1C)/C=C1\N/C(=C3\c4[nH]c(c(C)c4C(=O)[C@@H]3C(=O)OC)/C=c3\[nH]/c(c(C)c3CC)=C\2)[C@@H](CCC(=O)OC/C=C(\C)CCCCCC)[C@@H]1C. The number of unbranched alkanes of at least 4 members (excludes halogenated alkanes) is 3. The Morgan fingerprint density at radius 2 is 1.65 bits per heavy atom. The van der Waals surface area contributed by atoms with Crippen molar-refractivity contribution >= 4 is 47.6 Å². The lowest BCUT2D eigenvalue weighted by atomic mass is 9.85. The maximum absolute atomic E-state index is 14.3. The van der Waals surface area contributed by atoms with Crippen LogP contribution in [0.5, 0.6) is 0 Å². The minimum atomic E-state index is -1.14. The molecule has 4 N–H and O–H groups in total. The summed E-state index contributed by atoms with van der Waals surface area (Å²) in [6.45, 7) is 19.1. The normalized spacial score (nSPS) is 22.5. The number of methoxy groups -OCH3 is 1. The molecule has 1 saturated heterocycles. The third-order valence-corrected chi connectivity index (χ3v) is 11.8. The highest BCUT2D eigenvalue weighted by Crippen LogP contribution is 2.48. The van der Waals surface area contributed by atoms with Gasteiger partial charge in [0.2, 0.25) is 0 Å². The molecule has 3 aromatic rings. The van der Waals surface area contributed by atoms with Crippen LogP contribution in [-0.2, 0) is 25.5 Å². The van der Waals surface area contributed by atoms with Crippen molar-refractivity contribution in [2.24, 2.45) is 17.8 Å². The highest BCUT2D eigenvalue weighted by Gasteiger charge is 2.48. The first-order chi connectivity index (χ1) is 25.9. The molecule has 1 fully saturated rings. The van der Waals surface area contributed by atoms with Crippen molar-refractivity contribution in [3.63, 3.8) is 0 Å². The fourth-order valence-electron chi connectivity index (χ4n) is 8.55. The Kier molecular flexibility index (Phi) is 11.5. The average Bonchev–Trinajstić information content (AvgIpc) is 3.89. The highest BCUT2D eigenvalue weighted by molar-refractivity contribution is 6.24. The number of aromatic nitrogens is 3. The average molecular weight is 733 g/mol. The Bertz CT molecular complexity index is 2220. The fraction of sp³-hybridized carbons (Fsp3) is 0.444. The summed E-state index contributed by atoms with van der Waals surface area (Å²) >= 11 is 0. The van der Waals surface area contributed by atoms with Gasteiger partial charge in [-0.15, -0.1) is 0 Å². The van der Waals surface area contributed by atoms with Crippen molar-refractivity contribution in [3.05, 3.63) is 96.5 Å². The van der Waals surface area contributed by atoms with Gasteiger partial charge in [0, 0.05) is 74.1 Å². The summed E-state index contributed by atoms with van der Waals surface area (Å²) in [5.74, 6) is -2.61. The zero-order valence-electron chi connectivity index (χ0n) is 33.2. The lowest BCUT2D eigenvalue weighted by molar-refractivity contribution is -0.143. The Labute approximate surface area is 318 Å². The van der Waals surface area contributed by atoms with E-state index in [0.29, 0.717) is 23.3 Å². The molecule has 5 heterocycles. The fourth-order valence-corrected chi connectivity index (χ4v) is 8.55. The van der Waals surface area contributed by atoms with Gasteiger partial charge in [0.25, 0.3) is 0 Å². The molecule has 9 nitrogen and oxygen atoms in total.